The fraction of sp³-hybridized carbons (Fsp3) is 0.176. The lowest BCUT2D eigenvalue weighted by Gasteiger charge is -2.09. The maximum absolute atomic E-state index is 14.1. The molecular weight excluding hydrogens is 287 g/mol. The van der Waals surface area contributed by atoms with Crippen LogP contribution in [0.5, 0.6) is 5.75 Å². The highest BCUT2D eigenvalue weighted by molar-refractivity contribution is 7.89. The molecule has 2 aromatic rings. The zero-order valence-corrected chi connectivity index (χ0v) is 12.6. The maximum atomic E-state index is 14.1. The first kappa shape index (κ1) is 15.6. The molecule has 21 heavy (non-hydrogen) atoms. The molecule has 0 aliphatic rings. The zero-order chi connectivity index (χ0) is 15.1. The summed E-state index contributed by atoms with van der Waals surface area (Å²) in [6, 6.07) is 13.0. The van der Waals surface area contributed by atoms with E-state index in [9.17, 15) is 4.39 Å². The van der Waals surface area contributed by atoms with Gasteiger partial charge < -0.3 is 4.18 Å². The molecule has 0 unspecified atom stereocenters. The van der Waals surface area contributed by atoms with Gasteiger partial charge in [-0.3, -0.25) is 4.55 Å². The molecule has 1 N–H and O–H groups in total. The van der Waals surface area contributed by atoms with Gasteiger partial charge in [0, 0.05) is 5.56 Å². The summed E-state index contributed by atoms with van der Waals surface area (Å²) in [5, 5.41) is 0. The van der Waals surface area contributed by atoms with Gasteiger partial charge in [-0.25, -0.2) is 4.39 Å². The summed E-state index contributed by atoms with van der Waals surface area (Å²) >= 11 is 0.236. The van der Waals surface area contributed by atoms with E-state index in [1.54, 1.807) is 6.07 Å². The number of rotatable bonds is 6. The smallest absolute Gasteiger partial charge is 0.222 e. The second-order valence-electron chi connectivity index (χ2n) is 4.63. The average Bonchev–Trinajstić information content (AvgIpc) is 2.50. The van der Waals surface area contributed by atoms with Gasteiger partial charge in [0.2, 0.25) is 12.3 Å². The highest BCUT2D eigenvalue weighted by atomic mass is 32.2. The molecule has 0 aliphatic carbocycles. The Labute approximate surface area is 128 Å². The standard InChI is InChI=1S/C17H17FO2S/c1-2-6-15-16(18)11-14(12-17(15)20-21-19)10-9-13-7-4-3-5-8-13/h3-5,7-12,19H,2,6H2,1H3/b10-9+. The lowest BCUT2D eigenvalue weighted by atomic mass is 10.0. The normalized spacial score (nSPS) is 11.0. The van der Waals surface area contributed by atoms with Crippen molar-refractivity contribution in [2.45, 2.75) is 19.8 Å². The van der Waals surface area contributed by atoms with Gasteiger partial charge in [-0.05, 0) is 29.7 Å². The topological polar surface area (TPSA) is 29.5 Å². The summed E-state index contributed by atoms with van der Waals surface area (Å²) in [5.41, 5.74) is 2.23. The van der Waals surface area contributed by atoms with Gasteiger partial charge in [0.05, 0.1) is 0 Å². The van der Waals surface area contributed by atoms with E-state index in [1.807, 2.05) is 49.4 Å². The largest absolute Gasteiger partial charge is 0.400 e. The van der Waals surface area contributed by atoms with E-state index < -0.39 is 0 Å². The Morgan fingerprint density at radius 3 is 2.52 bits per heavy atom. The van der Waals surface area contributed by atoms with Gasteiger partial charge in [-0.1, -0.05) is 55.8 Å². The van der Waals surface area contributed by atoms with Crippen LogP contribution in [0.3, 0.4) is 0 Å². The van der Waals surface area contributed by atoms with Crippen LogP contribution in [-0.4, -0.2) is 4.55 Å². The van der Waals surface area contributed by atoms with E-state index in [-0.39, 0.29) is 18.1 Å². The van der Waals surface area contributed by atoms with E-state index in [4.69, 9.17) is 8.74 Å². The number of hydrogen-bond donors (Lipinski definition) is 1. The van der Waals surface area contributed by atoms with Crippen LogP contribution in [0.1, 0.15) is 30.0 Å². The van der Waals surface area contributed by atoms with E-state index >= 15 is 0 Å². The molecule has 0 aliphatic heterocycles. The van der Waals surface area contributed by atoms with Crippen LogP contribution in [0, 0.1) is 5.82 Å². The Morgan fingerprint density at radius 1 is 1.14 bits per heavy atom. The highest BCUT2D eigenvalue weighted by Crippen LogP contribution is 2.28. The van der Waals surface area contributed by atoms with E-state index in [0.717, 1.165) is 12.0 Å². The maximum Gasteiger partial charge on any atom is 0.222 e. The summed E-state index contributed by atoms with van der Waals surface area (Å²) in [7, 11) is 0. The van der Waals surface area contributed by atoms with Crippen molar-refractivity contribution >= 4 is 24.5 Å². The molecule has 110 valence electrons. The predicted molar refractivity (Wildman–Crippen MR) is 86.6 cm³/mol. The Bertz CT molecular complexity index is 612. The summed E-state index contributed by atoms with van der Waals surface area (Å²) in [6.45, 7) is 1.97. The summed E-state index contributed by atoms with van der Waals surface area (Å²) < 4.78 is 28.1. The van der Waals surface area contributed by atoms with Crippen molar-refractivity contribution in [2.24, 2.45) is 0 Å². The lowest BCUT2D eigenvalue weighted by Crippen LogP contribution is -1.96. The minimum atomic E-state index is -0.309. The Hall–Kier alpha value is -1.78. The first-order valence-electron chi connectivity index (χ1n) is 6.78. The fourth-order valence-corrected chi connectivity index (χ4v) is 2.32. The quantitative estimate of drug-likeness (QED) is 0.568. The van der Waals surface area contributed by atoms with Crippen molar-refractivity contribution in [3.05, 3.63) is 65.0 Å². The monoisotopic (exact) mass is 304 g/mol. The average molecular weight is 304 g/mol. The molecule has 2 rings (SSSR count). The van der Waals surface area contributed by atoms with Crippen LogP contribution in [0.2, 0.25) is 0 Å². The van der Waals surface area contributed by atoms with E-state index in [1.165, 1.54) is 6.07 Å². The summed E-state index contributed by atoms with van der Waals surface area (Å²) in [6.07, 6.45) is 5.11. The second kappa shape index (κ2) is 7.86. The van der Waals surface area contributed by atoms with Crippen molar-refractivity contribution in [3.63, 3.8) is 0 Å². The second-order valence-corrected chi connectivity index (χ2v) is 4.95. The molecule has 0 bridgehead atoms. The molecule has 0 spiro atoms. The SMILES string of the molecule is CCCc1c(F)cc(/C=C/c2ccccc2)cc1OSO. The minimum absolute atomic E-state index is 0.236. The van der Waals surface area contributed by atoms with Gasteiger partial charge in [0.1, 0.15) is 11.6 Å². The first-order valence-corrected chi connectivity index (χ1v) is 7.48. The van der Waals surface area contributed by atoms with E-state index in [0.29, 0.717) is 23.3 Å². The molecule has 0 heterocycles. The van der Waals surface area contributed by atoms with Crippen LogP contribution in [0.15, 0.2) is 42.5 Å². The Balaban J connectivity index is 2.30. The molecular formula is C17H17FO2S. The van der Waals surface area contributed by atoms with Crippen LogP contribution < -0.4 is 4.18 Å². The molecule has 2 aromatic carbocycles. The molecule has 0 aromatic heterocycles. The highest BCUT2D eigenvalue weighted by Gasteiger charge is 2.11. The molecule has 0 fully saturated rings. The third kappa shape index (κ3) is 4.34. The Kier molecular flexibility index (Phi) is 5.84. The van der Waals surface area contributed by atoms with E-state index in [2.05, 4.69) is 0 Å². The van der Waals surface area contributed by atoms with Gasteiger partial charge in [-0.2, -0.15) is 0 Å². The minimum Gasteiger partial charge on any atom is -0.400 e. The molecule has 4 heteroatoms. The molecule has 0 saturated carbocycles. The van der Waals surface area contributed by atoms with Gasteiger partial charge >= 0.3 is 0 Å². The first-order chi connectivity index (χ1) is 10.2. The Morgan fingerprint density at radius 2 is 1.86 bits per heavy atom. The van der Waals surface area contributed by atoms with Crippen LogP contribution >= 0.6 is 12.3 Å². The van der Waals surface area contributed by atoms with Crippen LogP contribution in [-0.2, 0) is 6.42 Å². The molecule has 0 radical (unpaired) electrons. The zero-order valence-electron chi connectivity index (χ0n) is 11.8. The predicted octanol–water partition coefficient (Wildman–Crippen LogP) is 5.45. The fourth-order valence-electron chi connectivity index (χ4n) is 2.09. The third-order valence-electron chi connectivity index (χ3n) is 3.07. The van der Waals surface area contributed by atoms with Crippen molar-refractivity contribution < 1.29 is 13.1 Å². The van der Waals surface area contributed by atoms with Crippen molar-refractivity contribution in [1.29, 1.82) is 0 Å². The van der Waals surface area contributed by atoms with Crippen molar-refractivity contribution in [2.75, 3.05) is 0 Å². The van der Waals surface area contributed by atoms with Gasteiger partial charge in [0.15, 0.2) is 0 Å². The van der Waals surface area contributed by atoms with Crippen LogP contribution in [0.4, 0.5) is 4.39 Å². The molecule has 2 nitrogen and oxygen atoms in total. The summed E-state index contributed by atoms with van der Waals surface area (Å²) in [5.74, 6) is 0.0631. The van der Waals surface area contributed by atoms with Gasteiger partial charge in [0.25, 0.3) is 0 Å². The lowest BCUT2D eigenvalue weighted by molar-refractivity contribution is 0.523. The summed E-state index contributed by atoms with van der Waals surface area (Å²) in [4.78, 5) is 0. The molecule has 0 amide bonds. The van der Waals surface area contributed by atoms with Crippen LogP contribution in [0.25, 0.3) is 12.2 Å². The molecule has 0 saturated heterocycles. The number of hydrogen-bond acceptors (Lipinski definition) is 3. The van der Waals surface area contributed by atoms with Crippen molar-refractivity contribution in [3.8, 4) is 5.75 Å². The van der Waals surface area contributed by atoms with Gasteiger partial charge in [-0.15, -0.1) is 0 Å². The third-order valence-corrected chi connectivity index (χ3v) is 3.33. The van der Waals surface area contributed by atoms with Crippen molar-refractivity contribution in [1.82, 2.24) is 0 Å². The molecule has 0 atom stereocenters. The number of benzene rings is 2. The number of halogens is 1.